The van der Waals surface area contributed by atoms with Gasteiger partial charge < -0.3 is 9.84 Å². The van der Waals surface area contributed by atoms with Crippen LogP contribution in [-0.2, 0) is 5.60 Å². The van der Waals surface area contributed by atoms with Crippen molar-refractivity contribution >= 4 is 11.6 Å². The predicted octanol–water partition coefficient (Wildman–Crippen LogP) is 3.40. The molecular weight excluding hydrogens is 312 g/mol. The highest BCUT2D eigenvalue weighted by Crippen LogP contribution is 2.50. The molecule has 0 radical (unpaired) electrons. The molecule has 4 rings (SSSR count). The molecule has 0 amide bonds. The molecule has 1 atom stereocenters. The fourth-order valence-corrected chi connectivity index (χ4v) is 3.24. The molecule has 3 aromatic rings. The van der Waals surface area contributed by atoms with E-state index in [0.717, 1.165) is 16.8 Å². The molecular formula is C18H13ClN2O2. The Hall–Kier alpha value is -2.43. The van der Waals surface area contributed by atoms with Gasteiger partial charge in [0.1, 0.15) is 17.7 Å². The van der Waals surface area contributed by atoms with Crippen LogP contribution in [0.2, 0.25) is 5.02 Å². The van der Waals surface area contributed by atoms with Gasteiger partial charge >= 0.3 is 0 Å². The first-order valence-electron chi connectivity index (χ1n) is 7.12. The molecule has 1 N–H and O–H groups in total. The lowest BCUT2D eigenvalue weighted by atomic mass is 9.85. The average Bonchev–Trinajstić information content (AvgIpc) is 2.86. The monoisotopic (exact) mass is 324 g/mol. The van der Waals surface area contributed by atoms with Crippen LogP contribution < -0.4 is 4.74 Å². The van der Waals surface area contributed by atoms with Crippen LogP contribution in [0.3, 0.4) is 0 Å². The van der Waals surface area contributed by atoms with Crippen LogP contribution in [0.15, 0.2) is 55.0 Å². The molecule has 1 heterocycles. The molecule has 0 bridgehead atoms. The van der Waals surface area contributed by atoms with Gasteiger partial charge in [0.15, 0.2) is 0 Å². The van der Waals surface area contributed by atoms with E-state index in [1.807, 2.05) is 30.3 Å². The van der Waals surface area contributed by atoms with Crippen LogP contribution in [0.25, 0.3) is 11.3 Å². The van der Waals surface area contributed by atoms with E-state index >= 15 is 0 Å². The van der Waals surface area contributed by atoms with Crippen LogP contribution in [0.4, 0.5) is 0 Å². The van der Waals surface area contributed by atoms with Gasteiger partial charge in [0.05, 0.1) is 12.8 Å². The molecule has 2 aromatic carbocycles. The number of aliphatic hydroxyl groups is 1. The zero-order valence-electron chi connectivity index (χ0n) is 12.3. The molecule has 1 aliphatic carbocycles. The Morgan fingerprint density at radius 2 is 1.87 bits per heavy atom. The van der Waals surface area contributed by atoms with Gasteiger partial charge in [-0.1, -0.05) is 23.7 Å². The third-order valence-electron chi connectivity index (χ3n) is 4.24. The van der Waals surface area contributed by atoms with Crippen molar-refractivity contribution < 1.29 is 9.84 Å². The number of rotatable bonds is 2. The number of halogens is 1. The number of hydrogen-bond acceptors (Lipinski definition) is 4. The van der Waals surface area contributed by atoms with Crippen molar-refractivity contribution in [3.05, 3.63) is 76.7 Å². The van der Waals surface area contributed by atoms with Crippen molar-refractivity contribution in [2.75, 3.05) is 7.11 Å². The van der Waals surface area contributed by atoms with Crippen molar-refractivity contribution in [3.8, 4) is 17.0 Å². The van der Waals surface area contributed by atoms with Crippen molar-refractivity contribution in [1.29, 1.82) is 0 Å². The van der Waals surface area contributed by atoms with Gasteiger partial charge in [-0.3, -0.25) is 0 Å². The van der Waals surface area contributed by atoms with Gasteiger partial charge in [-0.05, 0) is 35.9 Å². The van der Waals surface area contributed by atoms with Gasteiger partial charge in [0.25, 0.3) is 0 Å². The van der Waals surface area contributed by atoms with E-state index in [4.69, 9.17) is 16.3 Å². The summed E-state index contributed by atoms with van der Waals surface area (Å²) in [6, 6.07) is 12.8. The van der Waals surface area contributed by atoms with Crippen LogP contribution in [-0.4, -0.2) is 22.2 Å². The van der Waals surface area contributed by atoms with E-state index in [-0.39, 0.29) is 0 Å². The zero-order chi connectivity index (χ0) is 16.0. The number of fused-ring (bicyclic) bond motifs is 3. The van der Waals surface area contributed by atoms with Crippen molar-refractivity contribution in [2.24, 2.45) is 0 Å². The summed E-state index contributed by atoms with van der Waals surface area (Å²) in [6.45, 7) is 0. The van der Waals surface area contributed by atoms with Crippen LogP contribution >= 0.6 is 11.6 Å². The Morgan fingerprint density at radius 3 is 2.61 bits per heavy atom. The second-order valence-electron chi connectivity index (χ2n) is 5.41. The standard InChI is InChI=1S/C18H13ClN2O2/c1-23-13-6-7-14-15(8-13)18(22,11-2-4-12(19)5-3-11)16-9-20-10-21-17(14)16/h2-10,22H,1H3. The number of methoxy groups -OCH3 is 1. The van der Waals surface area contributed by atoms with Gasteiger partial charge in [0.2, 0.25) is 0 Å². The highest BCUT2D eigenvalue weighted by molar-refractivity contribution is 6.30. The quantitative estimate of drug-likeness (QED) is 0.785. The highest BCUT2D eigenvalue weighted by atomic mass is 35.5. The molecule has 0 saturated carbocycles. The number of hydrogen-bond donors (Lipinski definition) is 1. The number of aromatic nitrogens is 2. The molecule has 0 saturated heterocycles. The first-order valence-corrected chi connectivity index (χ1v) is 7.50. The van der Waals surface area contributed by atoms with Gasteiger partial charge in [-0.25, -0.2) is 9.97 Å². The summed E-state index contributed by atoms with van der Waals surface area (Å²) in [5.74, 6) is 0.678. The fourth-order valence-electron chi connectivity index (χ4n) is 3.11. The molecule has 0 spiro atoms. The van der Waals surface area contributed by atoms with Crippen molar-refractivity contribution in [1.82, 2.24) is 9.97 Å². The Labute approximate surface area is 138 Å². The molecule has 23 heavy (non-hydrogen) atoms. The van der Waals surface area contributed by atoms with E-state index in [1.165, 1.54) is 6.33 Å². The van der Waals surface area contributed by atoms with E-state index in [2.05, 4.69) is 9.97 Å². The Kier molecular flexibility index (Phi) is 3.11. The normalized spacial score (nSPS) is 18.4. The predicted molar refractivity (Wildman–Crippen MR) is 87.6 cm³/mol. The third-order valence-corrected chi connectivity index (χ3v) is 4.49. The minimum absolute atomic E-state index is 0.616. The highest BCUT2D eigenvalue weighted by Gasteiger charge is 2.44. The summed E-state index contributed by atoms with van der Waals surface area (Å²) in [4.78, 5) is 8.45. The van der Waals surface area contributed by atoms with E-state index in [9.17, 15) is 5.11 Å². The first kappa shape index (κ1) is 14.2. The summed E-state index contributed by atoms with van der Waals surface area (Å²) < 4.78 is 5.32. The summed E-state index contributed by atoms with van der Waals surface area (Å²) >= 11 is 5.99. The number of ether oxygens (including phenoxy) is 1. The van der Waals surface area contributed by atoms with E-state index in [1.54, 1.807) is 25.4 Å². The lowest BCUT2D eigenvalue weighted by Gasteiger charge is -2.26. The second-order valence-corrected chi connectivity index (χ2v) is 5.85. The Bertz CT molecular complexity index is 896. The van der Waals surface area contributed by atoms with Crippen LogP contribution in [0, 0.1) is 0 Å². The third kappa shape index (κ3) is 1.96. The number of nitrogens with zero attached hydrogens (tertiary/aromatic N) is 2. The SMILES string of the molecule is COc1ccc2c(c1)C(O)(c1ccc(Cl)cc1)c1cncnc1-2. The largest absolute Gasteiger partial charge is 0.497 e. The molecule has 4 nitrogen and oxygen atoms in total. The van der Waals surface area contributed by atoms with Gasteiger partial charge in [-0.15, -0.1) is 0 Å². The minimum atomic E-state index is -1.33. The van der Waals surface area contributed by atoms with Gasteiger partial charge in [0, 0.05) is 27.9 Å². The summed E-state index contributed by atoms with van der Waals surface area (Å²) in [6.07, 6.45) is 3.14. The summed E-state index contributed by atoms with van der Waals surface area (Å²) in [5, 5.41) is 12.2. The van der Waals surface area contributed by atoms with Crippen molar-refractivity contribution in [2.45, 2.75) is 5.60 Å². The fraction of sp³-hybridized carbons (Fsp3) is 0.111. The van der Waals surface area contributed by atoms with Crippen LogP contribution in [0.1, 0.15) is 16.7 Å². The maximum atomic E-state index is 11.6. The molecule has 5 heteroatoms. The molecule has 0 aliphatic heterocycles. The molecule has 0 fully saturated rings. The minimum Gasteiger partial charge on any atom is -0.497 e. The first-order chi connectivity index (χ1) is 11.1. The van der Waals surface area contributed by atoms with E-state index in [0.29, 0.717) is 21.9 Å². The van der Waals surface area contributed by atoms with Gasteiger partial charge in [-0.2, -0.15) is 0 Å². The maximum Gasteiger partial charge on any atom is 0.144 e. The lowest BCUT2D eigenvalue weighted by Crippen LogP contribution is -2.26. The molecule has 1 aromatic heterocycles. The summed E-state index contributed by atoms with van der Waals surface area (Å²) in [7, 11) is 1.60. The smallest absolute Gasteiger partial charge is 0.144 e. The molecule has 1 unspecified atom stereocenters. The van der Waals surface area contributed by atoms with E-state index < -0.39 is 5.60 Å². The summed E-state index contributed by atoms with van der Waals surface area (Å²) in [5.41, 5.74) is 2.38. The molecule has 1 aliphatic rings. The maximum absolute atomic E-state index is 11.6. The topological polar surface area (TPSA) is 55.2 Å². The molecule has 114 valence electrons. The zero-order valence-corrected chi connectivity index (χ0v) is 13.1. The van der Waals surface area contributed by atoms with Crippen molar-refractivity contribution in [3.63, 3.8) is 0 Å². The van der Waals surface area contributed by atoms with Crippen LogP contribution in [0.5, 0.6) is 5.75 Å². The Balaban J connectivity index is 2.04. The Morgan fingerprint density at radius 1 is 1.09 bits per heavy atom. The average molecular weight is 325 g/mol. The lowest BCUT2D eigenvalue weighted by molar-refractivity contribution is 0.130. The number of benzene rings is 2. The second kappa shape index (κ2) is 5.05.